The molecule has 2 aromatic rings. The van der Waals surface area contributed by atoms with Crippen molar-refractivity contribution in [3.63, 3.8) is 0 Å². The van der Waals surface area contributed by atoms with Crippen LogP contribution < -0.4 is 11.3 Å². The molecule has 0 fully saturated rings. The standard InChI is InChI=1S/C12H11N5O/c13-7-10-4-2-6-17(10)8-9-3-1-5-11(15-9)12(18)16-14/h1-6H,8,14H2,(H,16,18). The Labute approximate surface area is 104 Å². The lowest BCUT2D eigenvalue weighted by Crippen LogP contribution is -2.30. The van der Waals surface area contributed by atoms with Gasteiger partial charge in [0, 0.05) is 6.20 Å². The molecule has 3 N–H and O–H groups in total. The van der Waals surface area contributed by atoms with Crippen molar-refractivity contribution in [3.05, 3.63) is 53.6 Å². The zero-order valence-electron chi connectivity index (χ0n) is 9.50. The smallest absolute Gasteiger partial charge is 0.283 e. The minimum atomic E-state index is -0.440. The highest BCUT2D eigenvalue weighted by Gasteiger charge is 2.07. The van der Waals surface area contributed by atoms with Crippen LogP contribution in [0.25, 0.3) is 0 Å². The lowest BCUT2D eigenvalue weighted by molar-refractivity contribution is 0.0948. The SMILES string of the molecule is N#Cc1cccn1Cc1cccc(C(=O)NN)n1. The van der Waals surface area contributed by atoms with Gasteiger partial charge < -0.3 is 4.57 Å². The molecular formula is C12H11N5O. The van der Waals surface area contributed by atoms with Crippen molar-refractivity contribution in [2.75, 3.05) is 0 Å². The molecule has 2 rings (SSSR count). The van der Waals surface area contributed by atoms with Crippen LogP contribution in [-0.4, -0.2) is 15.5 Å². The van der Waals surface area contributed by atoms with Gasteiger partial charge in [-0.3, -0.25) is 10.2 Å². The second-order valence-electron chi connectivity index (χ2n) is 3.62. The molecule has 2 heterocycles. The summed E-state index contributed by atoms with van der Waals surface area (Å²) < 4.78 is 1.76. The second-order valence-corrected chi connectivity index (χ2v) is 3.62. The summed E-state index contributed by atoms with van der Waals surface area (Å²) in [6, 6.07) is 10.7. The maximum atomic E-state index is 11.3. The number of carbonyl (C=O) groups excluding carboxylic acids is 1. The molecule has 0 aliphatic heterocycles. The summed E-state index contributed by atoms with van der Waals surface area (Å²) in [5.74, 6) is 4.61. The number of hydrogen-bond donors (Lipinski definition) is 2. The van der Waals surface area contributed by atoms with E-state index in [9.17, 15) is 4.79 Å². The van der Waals surface area contributed by atoms with Crippen molar-refractivity contribution in [2.45, 2.75) is 6.54 Å². The molecule has 6 heteroatoms. The van der Waals surface area contributed by atoms with E-state index < -0.39 is 5.91 Å². The number of amides is 1. The first-order valence-corrected chi connectivity index (χ1v) is 5.26. The van der Waals surface area contributed by atoms with Crippen molar-refractivity contribution in [1.82, 2.24) is 15.0 Å². The first kappa shape index (κ1) is 11.8. The number of rotatable bonds is 3. The van der Waals surface area contributed by atoms with E-state index in [2.05, 4.69) is 11.1 Å². The van der Waals surface area contributed by atoms with Gasteiger partial charge in [-0.15, -0.1) is 0 Å². The van der Waals surface area contributed by atoms with Gasteiger partial charge in [-0.1, -0.05) is 6.07 Å². The van der Waals surface area contributed by atoms with Crippen LogP contribution in [0.3, 0.4) is 0 Å². The fourth-order valence-electron chi connectivity index (χ4n) is 1.60. The molecule has 0 spiro atoms. The number of hydrogen-bond acceptors (Lipinski definition) is 4. The van der Waals surface area contributed by atoms with Gasteiger partial charge in [0.05, 0.1) is 12.2 Å². The van der Waals surface area contributed by atoms with Gasteiger partial charge in [-0.05, 0) is 24.3 Å². The van der Waals surface area contributed by atoms with Crippen molar-refractivity contribution in [3.8, 4) is 6.07 Å². The van der Waals surface area contributed by atoms with E-state index in [1.165, 1.54) is 0 Å². The topological polar surface area (TPSA) is 96.7 Å². The highest BCUT2D eigenvalue weighted by Crippen LogP contribution is 2.06. The minimum Gasteiger partial charge on any atom is -0.333 e. The molecule has 0 saturated carbocycles. The van der Waals surface area contributed by atoms with E-state index in [0.29, 0.717) is 17.9 Å². The number of pyridine rings is 1. The van der Waals surface area contributed by atoms with Gasteiger partial charge in [0.25, 0.3) is 5.91 Å². The minimum absolute atomic E-state index is 0.251. The fourth-order valence-corrected chi connectivity index (χ4v) is 1.60. The van der Waals surface area contributed by atoms with Crippen LogP contribution in [-0.2, 0) is 6.54 Å². The van der Waals surface area contributed by atoms with Crippen molar-refractivity contribution in [2.24, 2.45) is 5.84 Å². The molecule has 0 radical (unpaired) electrons. The average molecular weight is 241 g/mol. The highest BCUT2D eigenvalue weighted by atomic mass is 16.2. The number of aromatic nitrogens is 2. The molecule has 90 valence electrons. The van der Waals surface area contributed by atoms with Gasteiger partial charge >= 0.3 is 0 Å². The molecule has 0 bridgehead atoms. The second kappa shape index (κ2) is 5.12. The third-order valence-electron chi connectivity index (χ3n) is 2.45. The van der Waals surface area contributed by atoms with Gasteiger partial charge in [0.2, 0.25) is 0 Å². The average Bonchev–Trinajstić information content (AvgIpc) is 2.85. The third-order valence-corrected chi connectivity index (χ3v) is 2.45. The summed E-state index contributed by atoms with van der Waals surface area (Å²) in [5.41, 5.74) is 3.51. The van der Waals surface area contributed by atoms with Gasteiger partial charge in [-0.25, -0.2) is 10.8 Å². The Hall–Kier alpha value is -2.65. The summed E-state index contributed by atoms with van der Waals surface area (Å²) in [4.78, 5) is 15.5. The molecule has 0 atom stereocenters. The lowest BCUT2D eigenvalue weighted by atomic mass is 10.3. The number of nitrogens with two attached hydrogens (primary N) is 1. The Balaban J connectivity index is 2.25. The Morgan fingerprint density at radius 3 is 3.00 bits per heavy atom. The molecule has 6 nitrogen and oxygen atoms in total. The van der Waals surface area contributed by atoms with Gasteiger partial charge in [0.1, 0.15) is 17.5 Å². The zero-order valence-corrected chi connectivity index (χ0v) is 9.50. The summed E-state index contributed by atoms with van der Waals surface area (Å²) in [6.45, 7) is 0.432. The highest BCUT2D eigenvalue weighted by molar-refractivity contribution is 5.91. The van der Waals surface area contributed by atoms with Crippen LogP contribution in [0.1, 0.15) is 21.9 Å². The molecule has 0 aliphatic rings. The van der Waals surface area contributed by atoms with E-state index in [-0.39, 0.29) is 5.69 Å². The summed E-state index contributed by atoms with van der Waals surface area (Å²) >= 11 is 0. The number of hydrazine groups is 1. The first-order valence-electron chi connectivity index (χ1n) is 5.26. The Morgan fingerprint density at radius 1 is 1.44 bits per heavy atom. The van der Waals surface area contributed by atoms with Gasteiger partial charge in [-0.2, -0.15) is 5.26 Å². The normalized spacial score (nSPS) is 9.78. The molecule has 1 amide bonds. The largest absolute Gasteiger partial charge is 0.333 e. The summed E-state index contributed by atoms with van der Waals surface area (Å²) in [6.07, 6.45) is 1.79. The number of carbonyl (C=O) groups is 1. The number of nitrogen functional groups attached to an aromatic ring is 1. The first-order chi connectivity index (χ1) is 8.74. The van der Waals surface area contributed by atoms with E-state index in [0.717, 1.165) is 0 Å². The van der Waals surface area contributed by atoms with Crippen molar-refractivity contribution in [1.29, 1.82) is 5.26 Å². The predicted molar refractivity (Wildman–Crippen MR) is 64.1 cm³/mol. The van der Waals surface area contributed by atoms with Crippen LogP contribution in [0.2, 0.25) is 0 Å². The van der Waals surface area contributed by atoms with E-state index in [1.807, 2.05) is 5.43 Å². The van der Waals surface area contributed by atoms with Crippen LogP contribution in [0.5, 0.6) is 0 Å². The number of nitrogens with zero attached hydrogens (tertiary/aromatic N) is 3. The predicted octanol–water partition coefficient (Wildman–Crippen LogP) is 0.407. The lowest BCUT2D eigenvalue weighted by Gasteiger charge is -2.05. The maximum absolute atomic E-state index is 11.3. The monoisotopic (exact) mass is 241 g/mol. The third kappa shape index (κ3) is 2.36. The molecular weight excluding hydrogens is 230 g/mol. The van der Waals surface area contributed by atoms with E-state index in [1.54, 1.807) is 41.1 Å². The van der Waals surface area contributed by atoms with Crippen LogP contribution in [0.4, 0.5) is 0 Å². The van der Waals surface area contributed by atoms with Crippen LogP contribution in [0, 0.1) is 11.3 Å². The quantitative estimate of drug-likeness (QED) is 0.462. The number of nitriles is 1. The Morgan fingerprint density at radius 2 is 2.28 bits per heavy atom. The maximum Gasteiger partial charge on any atom is 0.283 e. The molecule has 2 aromatic heterocycles. The van der Waals surface area contributed by atoms with Crippen LogP contribution >= 0.6 is 0 Å². The molecule has 0 aromatic carbocycles. The van der Waals surface area contributed by atoms with Crippen molar-refractivity contribution >= 4 is 5.91 Å². The van der Waals surface area contributed by atoms with Crippen molar-refractivity contribution < 1.29 is 4.79 Å². The summed E-state index contributed by atoms with van der Waals surface area (Å²) in [5, 5.41) is 8.89. The molecule has 0 saturated heterocycles. The Bertz CT molecular complexity index is 611. The molecule has 18 heavy (non-hydrogen) atoms. The number of nitrogens with one attached hydrogen (secondary N) is 1. The molecule has 0 unspecified atom stereocenters. The fraction of sp³-hybridized carbons (Fsp3) is 0.0833. The molecule has 0 aliphatic carbocycles. The van der Waals surface area contributed by atoms with E-state index in [4.69, 9.17) is 11.1 Å². The van der Waals surface area contributed by atoms with E-state index >= 15 is 0 Å². The summed E-state index contributed by atoms with van der Waals surface area (Å²) in [7, 11) is 0. The Kier molecular flexibility index (Phi) is 3.36. The van der Waals surface area contributed by atoms with Crippen LogP contribution in [0.15, 0.2) is 36.5 Å². The zero-order chi connectivity index (χ0) is 13.0. The van der Waals surface area contributed by atoms with Gasteiger partial charge in [0.15, 0.2) is 0 Å².